The Hall–Kier alpha value is -3.49. The molecule has 5 heteroatoms. The standard InChI is InChI=1S/C30H29N3OS/c1-18(2)20-10-12-21(13-11-20)27-16-24(23-15-19(3)9-14-26(23)32-27)29(34)33-30-25(17-31)22-7-5-4-6-8-28(22)35-30/h9-16,18H,4-8H2,1-3H3,(H,33,34). The van der Waals surface area contributed by atoms with Gasteiger partial charge in [-0.15, -0.1) is 11.3 Å². The Morgan fingerprint density at radius 1 is 1.06 bits per heavy atom. The number of hydrogen-bond acceptors (Lipinski definition) is 4. The van der Waals surface area contributed by atoms with Gasteiger partial charge in [0.05, 0.1) is 22.3 Å². The molecule has 2 heterocycles. The molecule has 0 atom stereocenters. The number of benzene rings is 2. The number of fused-ring (bicyclic) bond motifs is 2. The van der Waals surface area contributed by atoms with Gasteiger partial charge < -0.3 is 5.32 Å². The highest BCUT2D eigenvalue weighted by Gasteiger charge is 2.22. The molecule has 0 unspecified atom stereocenters. The van der Waals surface area contributed by atoms with Gasteiger partial charge in [-0.2, -0.15) is 5.26 Å². The second-order valence-corrected chi connectivity index (χ2v) is 10.8. The first-order valence-electron chi connectivity index (χ1n) is 12.3. The predicted octanol–water partition coefficient (Wildman–Crippen LogP) is 7.79. The van der Waals surface area contributed by atoms with Gasteiger partial charge in [0, 0.05) is 15.8 Å². The lowest BCUT2D eigenvalue weighted by Crippen LogP contribution is -2.13. The van der Waals surface area contributed by atoms with E-state index in [1.54, 1.807) is 11.3 Å². The number of aryl methyl sites for hydroxylation is 2. The van der Waals surface area contributed by atoms with E-state index in [0.717, 1.165) is 59.0 Å². The highest BCUT2D eigenvalue weighted by molar-refractivity contribution is 7.16. The molecule has 0 bridgehead atoms. The normalized spacial score (nSPS) is 13.3. The number of thiophene rings is 1. The van der Waals surface area contributed by atoms with Gasteiger partial charge in [0.15, 0.2) is 0 Å². The van der Waals surface area contributed by atoms with Crippen LogP contribution in [0.15, 0.2) is 48.5 Å². The Morgan fingerprint density at radius 3 is 2.57 bits per heavy atom. The lowest BCUT2D eigenvalue weighted by Gasteiger charge is -2.12. The molecule has 1 amide bonds. The first-order chi connectivity index (χ1) is 16.9. The van der Waals surface area contributed by atoms with Crippen LogP contribution in [-0.4, -0.2) is 10.9 Å². The number of carbonyl (C=O) groups excluding carboxylic acids is 1. The maximum absolute atomic E-state index is 13.7. The van der Waals surface area contributed by atoms with Crippen molar-refractivity contribution in [1.29, 1.82) is 5.26 Å². The van der Waals surface area contributed by atoms with Crippen molar-refractivity contribution in [3.8, 4) is 17.3 Å². The predicted molar refractivity (Wildman–Crippen MR) is 144 cm³/mol. The van der Waals surface area contributed by atoms with E-state index in [0.29, 0.717) is 22.0 Å². The third-order valence-electron chi connectivity index (χ3n) is 6.84. The zero-order valence-corrected chi connectivity index (χ0v) is 21.3. The van der Waals surface area contributed by atoms with Gasteiger partial charge >= 0.3 is 0 Å². The van der Waals surface area contributed by atoms with Gasteiger partial charge in [0.1, 0.15) is 11.1 Å². The lowest BCUT2D eigenvalue weighted by atomic mass is 9.98. The summed E-state index contributed by atoms with van der Waals surface area (Å²) in [5, 5.41) is 14.5. The fraction of sp³-hybridized carbons (Fsp3) is 0.300. The molecular formula is C30H29N3OS. The summed E-state index contributed by atoms with van der Waals surface area (Å²) in [6.07, 6.45) is 5.33. The molecule has 2 aromatic carbocycles. The number of hydrogen-bond donors (Lipinski definition) is 1. The molecule has 1 aliphatic carbocycles. The molecule has 0 fully saturated rings. The number of carbonyl (C=O) groups is 1. The second kappa shape index (κ2) is 9.64. The van der Waals surface area contributed by atoms with E-state index < -0.39 is 0 Å². The van der Waals surface area contributed by atoms with Crippen LogP contribution in [0, 0.1) is 18.3 Å². The molecular weight excluding hydrogens is 450 g/mol. The number of rotatable bonds is 4. The molecule has 0 saturated heterocycles. The lowest BCUT2D eigenvalue weighted by molar-refractivity contribution is 0.102. The minimum atomic E-state index is -0.198. The van der Waals surface area contributed by atoms with Crippen molar-refractivity contribution in [2.24, 2.45) is 0 Å². The van der Waals surface area contributed by atoms with Crippen LogP contribution in [0.25, 0.3) is 22.2 Å². The highest BCUT2D eigenvalue weighted by Crippen LogP contribution is 2.37. The molecule has 5 rings (SSSR count). The number of pyridine rings is 1. The maximum Gasteiger partial charge on any atom is 0.257 e. The zero-order valence-electron chi connectivity index (χ0n) is 20.4. The van der Waals surface area contributed by atoms with Gasteiger partial charge in [0.25, 0.3) is 5.91 Å². The Balaban J connectivity index is 1.57. The summed E-state index contributed by atoms with van der Waals surface area (Å²) in [5.74, 6) is 0.254. The molecule has 35 heavy (non-hydrogen) atoms. The van der Waals surface area contributed by atoms with Gasteiger partial charge in [-0.1, -0.05) is 56.2 Å². The Morgan fingerprint density at radius 2 is 1.83 bits per heavy atom. The maximum atomic E-state index is 13.7. The molecule has 0 saturated carbocycles. The Bertz CT molecular complexity index is 1460. The number of nitriles is 1. The van der Waals surface area contributed by atoms with Crippen molar-refractivity contribution < 1.29 is 4.79 Å². The molecule has 0 radical (unpaired) electrons. The fourth-order valence-corrected chi connectivity index (χ4v) is 6.07. The average molecular weight is 480 g/mol. The number of nitrogens with one attached hydrogen (secondary N) is 1. The zero-order chi connectivity index (χ0) is 24.5. The van der Waals surface area contributed by atoms with Crippen LogP contribution >= 0.6 is 11.3 Å². The summed E-state index contributed by atoms with van der Waals surface area (Å²) in [6, 6.07) is 18.6. The van der Waals surface area contributed by atoms with E-state index in [-0.39, 0.29) is 5.91 Å². The molecule has 0 aliphatic heterocycles. The van der Waals surface area contributed by atoms with Gasteiger partial charge in [0.2, 0.25) is 0 Å². The fourth-order valence-electron chi connectivity index (χ4n) is 4.83. The third-order valence-corrected chi connectivity index (χ3v) is 8.05. The van der Waals surface area contributed by atoms with Crippen LogP contribution in [-0.2, 0) is 12.8 Å². The summed E-state index contributed by atoms with van der Waals surface area (Å²) in [5.41, 5.74) is 7.22. The SMILES string of the molecule is Cc1ccc2nc(-c3ccc(C(C)C)cc3)cc(C(=O)Nc3sc4c(c3C#N)CCCCC4)c2c1. The monoisotopic (exact) mass is 479 g/mol. The summed E-state index contributed by atoms with van der Waals surface area (Å²) in [6.45, 7) is 6.37. The molecule has 1 aliphatic rings. The molecule has 4 aromatic rings. The van der Waals surface area contributed by atoms with Crippen LogP contribution in [0.4, 0.5) is 5.00 Å². The van der Waals surface area contributed by atoms with Crippen molar-refractivity contribution in [3.05, 3.63) is 81.2 Å². The quantitative estimate of drug-likeness (QED) is 0.304. The molecule has 4 nitrogen and oxygen atoms in total. The summed E-state index contributed by atoms with van der Waals surface area (Å²) < 4.78 is 0. The molecule has 176 valence electrons. The van der Waals surface area contributed by atoms with Gasteiger partial charge in [-0.3, -0.25) is 4.79 Å². The van der Waals surface area contributed by atoms with Crippen molar-refractivity contribution in [2.45, 2.75) is 58.8 Å². The molecule has 2 aromatic heterocycles. The largest absolute Gasteiger partial charge is 0.312 e. The van der Waals surface area contributed by atoms with Gasteiger partial charge in [-0.05, 0) is 67.9 Å². The average Bonchev–Trinajstić information content (AvgIpc) is 3.01. The number of anilines is 1. The van der Waals surface area contributed by atoms with E-state index in [4.69, 9.17) is 4.98 Å². The number of amides is 1. The van der Waals surface area contributed by atoms with Gasteiger partial charge in [-0.25, -0.2) is 4.98 Å². The van der Waals surface area contributed by atoms with Crippen LogP contribution in [0.5, 0.6) is 0 Å². The second-order valence-electron chi connectivity index (χ2n) is 9.69. The minimum Gasteiger partial charge on any atom is -0.312 e. The first-order valence-corrected chi connectivity index (χ1v) is 13.1. The molecule has 1 N–H and O–H groups in total. The van der Waals surface area contributed by atoms with Crippen molar-refractivity contribution in [3.63, 3.8) is 0 Å². The highest BCUT2D eigenvalue weighted by atomic mass is 32.1. The van der Waals surface area contributed by atoms with E-state index >= 15 is 0 Å². The van der Waals surface area contributed by atoms with E-state index in [1.807, 2.05) is 31.2 Å². The van der Waals surface area contributed by atoms with E-state index in [2.05, 4.69) is 49.5 Å². The summed E-state index contributed by atoms with van der Waals surface area (Å²) in [7, 11) is 0. The minimum absolute atomic E-state index is 0.198. The first kappa shape index (κ1) is 23.3. The third kappa shape index (κ3) is 4.59. The Kier molecular flexibility index (Phi) is 6.40. The number of aromatic nitrogens is 1. The topological polar surface area (TPSA) is 65.8 Å². The van der Waals surface area contributed by atoms with Crippen LogP contribution < -0.4 is 5.32 Å². The summed E-state index contributed by atoms with van der Waals surface area (Å²) >= 11 is 1.57. The van der Waals surface area contributed by atoms with E-state index in [1.165, 1.54) is 16.9 Å². The van der Waals surface area contributed by atoms with Crippen LogP contribution in [0.3, 0.4) is 0 Å². The van der Waals surface area contributed by atoms with Crippen molar-refractivity contribution in [1.82, 2.24) is 4.98 Å². The molecule has 0 spiro atoms. The van der Waals surface area contributed by atoms with Crippen LogP contribution in [0.1, 0.15) is 76.5 Å². The van der Waals surface area contributed by atoms with Crippen molar-refractivity contribution in [2.75, 3.05) is 5.32 Å². The van der Waals surface area contributed by atoms with Crippen LogP contribution in [0.2, 0.25) is 0 Å². The van der Waals surface area contributed by atoms with Crippen molar-refractivity contribution >= 4 is 33.1 Å². The smallest absolute Gasteiger partial charge is 0.257 e. The van der Waals surface area contributed by atoms with E-state index in [9.17, 15) is 10.1 Å². The number of nitrogens with zero attached hydrogens (tertiary/aromatic N) is 2. The Labute approximate surface area is 210 Å². The summed E-state index contributed by atoms with van der Waals surface area (Å²) in [4.78, 5) is 19.8.